The van der Waals surface area contributed by atoms with E-state index in [2.05, 4.69) is 20.7 Å². The van der Waals surface area contributed by atoms with Crippen molar-refractivity contribution in [1.82, 2.24) is 0 Å². The third kappa shape index (κ3) is 3.52. The Bertz CT molecular complexity index is 599. The molecule has 0 aliphatic carbocycles. The van der Waals surface area contributed by atoms with E-state index in [1.165, 1.54) is 7.11 Å². The lowest BCUT2D eigenvalue weighted by Gasteiger charge is -2.05. The number of rotatable bonds is 3. The standard InChI is InChI=1S/C14H12BrNO2S/c1-18-14(17)9-2-4-10(5-3-9)19-11-6-7-13(16)12(15)8-11/h2-8H,16H2,1H3. The van der Waals surface area contributed by atoms with Crippen LogP contribution in [0.2, 0.25) is 0 Å². The van der Waals surface area contributed by atoms with E-state index in [1.54, 1.807) is 23.9 Å². The van der Waals surface area contributed by atoms with Crippen LogP contribution in [0.4, 0.5) is 5.69 Å². The predicted octanol–water partition coefficient (Wildman–Crippen LogP) is 3.97. The molecule has 3 nitrogen and oxygen atoms in total. The number of nitrogens with two attached hydrogens (primary N) is 1. The molecule has 2 aromatic carbocycles. The van der Waals surface area contributed by atoms with Gasteiger partial charge in [-0.2, -0.15) is 0 Å². The van der Waals surface area contributed by atoms with Crippen LogP contribution in [-0.2, 0) is 4.74 Å². The van der Waals surface area contributed by atoms with Crippen molar-refractivity contribution in [3.8, 4) is 0 Å². The van der Waals surface area contributed by atoms with E-state index in [4.69, 9.17) is 5.73 Å². The molecule has 0 amide bonds. The van der Waals surface area contributed by atoms with Gasteiger partial charge in [0.2, 0.25) is 0 Å². The van der Waals surface area contributed by atoms with Gasteiger partial charge in [-0.25, -0.2) is 4.79 Å². The van der Waals surface area contributed by atoms with Gasteiger partial charge >= 0.3 is 5.97 Å². The fraction of sp³-hybridized carbons (Fsp3) is 0.0714. The molecule has 19 heavy (non-hydrogen) atoms. The first-order valence-electron chi connectivity index (χ1n) is 5.51. The third-order valence-corrected chi connectivity index (χ3v) is 4.17. The molecule has 0 unspecified atom stereocenters. The first kappa shape index (κ1) is 14.0. The molecule has 2 rings (SSSR count). The Morgan fingerprint density at radius 3 is 2.37 bits per heavy atom. The fourth-order valence-corrected chi connectivity index (χ4v) is 2.87. The first-order chi connectivity index (χ1) is 9.10. The highest BCUT2D eigenvalue weighted by atomic mass is 79.9. The van der Waals surface area contributed by atoms with Crippen molar-refractivity contribution >= 4 is 39.3 Å². The van der Waals surface area contributed by atoms with Crippen molar-refractivity contribution < 1.29 is 9.53 Å². The number of anilines is 1. The van der Waals surface area contributed by atoms with Crippen molar-refractivity contribution in [3.05, 3.63) is 52.5 Å². The summed E-state index contributed by atoms with van der Waals surface area (Å²) in [7, 11) is 1.37. The number of benzene rings is 2. The molecule has 98 valence electrons. The van der Waals surface area contributed by atoms with E-state index in [0.717, 1.165) is 14.3 Å². The van der Waals surface area contributed by atoms with Crippen molar-refractivity contribution in [2.75, 3.05) is 12.8 Å². The van der Waals surface area contributed by atoms with Gasteiger partial charge in [0, 0.05) is 20.0 Å². The van der Waals surface area contributed by atoms with Gasteiger partial charge in [0.05, 0.1) is 12.7 Å². The molecule has 0 aliphatic rings. The minimum absolute atomic E-state index is 0.327. The van der Waals surface area contributed by atoms with Gasteiger partial charge in [0.1, 0.15) is 0 Å². The average molecular weight is 338 g/mol. The Labute approximate surface area is 124 Å². The molecule has 0 heterocycles. The van der Waals surface area contributed by atoms with Crippen molar-refractivity contribution in [1.29, 1.82) is 0 Å². The van der Waals surface area contributed by atoms with Crippen LogP contribution in [-0.4, -0.2) is 13.1 Å². The van der Waals surface area contributed by atoms with Gasteiger partial charge in [-0.15, -0.1) is 0 Å². The second-order valence-electron chi connectivity index (χ2n) is 3.80. The van der Waals surface area contributed by atoms with Gasteiger partial charge in [0.25, 0.3) is 0 Å². The zero-order valence-electron chi connectivity index (χ0n) is 10.2. The number of carbonyl (C=O) groups excluding carboxylic acids is 1. The molecule has 0 saturated carbocycles. The maximum Gasteiger partial charge on any atom is 0.337 e. The lowest BCUT2D eigenvalue weighted by atomic mass is 10.2. The Morgan fingerprint density at radius 1 is 1.16 bits per heavy atom. The maximum atomic E-state index is 11.3. The maximum absolute atomic E-state index is 11.3. The molecule has 5 heteroatoms. The fourth-order valence-electron chi connectivity index (χ4n) is 1.48. The molecule has 0 fully saturated rings. The van der Waals surface area contributed by atoms with Gasteiger partial charge in [0.15, 0.2) is 0 Å². The van der Waals surface area contributed by atoms with Crippen molar-refractivity contribution in [2.45, 2.75) is 9.79 Å². The summed E-state index contributed by atoms with van der Waals surface area (Å²) in [5, 5.41) is 0. The summed E-state index contributed by atoms with van der Waals surface area (Å²) in [5.74, 6) is -0.327. The molecule has 0 aliphatic heterocycles. The molecular weight excluding hydrogens is 326 g/mol. The topological polar surface area (TPSA) is 52.3 Å². The van der Waals surface area contributed by atoms with Crippen LogP contribution in [0.1, 0.15) is 10.4 Å². The van der Waals surface area contributed by atoms with E-state index < -0.39 is 0 Å². The number of ether oxygens (including phenoxy) is 1. The molecule has 0 bridgehead atoms. The van der Waals surface area contributed by atoms with Crippen LogP contribution < -0.4 is 5.73 Å². The van der Waals surface area contributed by atoms with E-state index in [9.17, 15) is 4.79 Å². The lowest BCUT2D eigenvalue weighted by molar-refractivity contribution is 0.0600. The second kappa shape index (κ2) is 6.12. The third-order valence-electron chi connectivity index (χ3n) is 2.48. The van der Waals surface area contributed by atoms with Gasteiger partial charge in [-0.3, -0.25) is 0 Å². The Kier molecular flexibility index (Phi) is 4.50. The number of methoxy groups -OCH3 is 1. The van der Waals surface area contributed by atoms with E-state index >= 15 is 0 Å². The normalized spacial score (nSPS) is 10.2. The smallest absolute Gasteiger partial charge is 0.337 e. The highest BCUT2D eigenvalue weighted by Gasteiger charge is 2.05. The van der Waals surface area contributed by atoms with Crippen LogP contribution in [0.3, 0.4) is 0 Å². The Morgan fingerprint density at radius 2 is 1.79 bits per heavy atom. The summed E-state index contributed by atoms with van der Waals surface area (Å²) in [5.41, 5.74) is 7.00. The number of nitrogen functional groups attached to an aromatic ring is 1. The summed E-state index contributed by atoms with van der Waals surface area (Å²) in [6.07, 6.45) is 0. The van der Waals surface area contributed by atoms with Crippen molar-refractivity contribution in [2.24, 2.45) is 0 Å². The molecule has 2 aromatic rings. The van der Waals surface area contributed by atoms with Gasteiger partial charge in [-0.1, -0.05) is 11.8 Å². The number of halogens is 1. The Balaban J connectivity index is 2.15. The molecular formula is C14H12BrNO2S. The molecule has 0 aromatic heterocycles. The van der Waals surface area contributed by atoms with Crippen LogP contribution in [0.5, 0.6) is 0 Å². The molecule has 0 radical (unpaired) electrons. The zero-order chi connectivity index (χ0) is 13.8. The van der Waals surface area contributed by atoms with E-state index in [-0.39, 0.29) is 5.97 Å². The highest BCUT2D eigenvalue weighted by molar-refractivity contribution is 9.10. The minimum atomic E-state index is -0.327. The van der Waals surface area contributed by atoms with Gasteiger partial charge < -0.3 is 10.5 Å². The first-order valence-corrected chi connectivity index (χ1v) is 7.12. The van der Waals surface area contributed by atoms with E-state index in [0.29, 0.717) is 11.3 Å². The summed E-state index contributed by atoms with van der Waals surface area (Å²) in [6, 6.07) is 13.1. The molecule has 2 N–H and O–H groups in total. The largest absolute Gasteiger partial charge is 0.465 e. The minimum Gasteiger partial charge on any atom is -0.465 e. The number of esters is 1. The van der Waals surface area contributed by atoms with Crippen LogP contribution in [0.25, 0.3) is 0 Å². The van der Waals surface area contributed by atoms with Gasteiger partial charge in [-0.05, 0) is 58.4 Å². The SMILES string of the molecule is COC(=O)c1ccc(Sc2ccc(N)c(Br)c2)cc1. The molecule has 0 saturated heterocycles. The zero-order valence-corrected chi connectivity index (χ0v) is 12.6. The number of hydrogen-bond acceptors (Lipinski definition) is 4. The van der Waals surface area contributed by atoms with E-state index in [1.807, 2.05) is 30.3 Å². The average Bonchev–Trinajstić information content (AvgIpc) is 2.43. The number of carbonyl (C=O) groups is 1. The summed E-state index contributed by atoms with van der Waals surface area (Å²) >= 11 is 5.00. The second-order valence-corrected chi connectivity index (χ2v) is 5.80. The summed E-state index contributed by atoms with van der Waals surface area (Å²) < 4.78 is 5.54. The molecule has 0 atom stereocenters. The van der Waals surface area contributed by atoms with Crippen LogP contribution >= 0.6 is 27.7 Å². The quantitative estimate of drug-likeness (QED) is 0.680. The summed E-state index contributed by atoms with van der Waals surface area (Å²) in [4.78, 5) is 13.4. The van der Waals surface area contributed by atoms with Crippen LogP contribution in [0, 0.1) is 0 Å². The Hall–Kier alpha value is -1.46. The number of hydrogen-bond donors (Lipinski definition) is 1. The van der Waals surface area contributed by atoms with Crippen molar-refractivity contribution in [3.63, 3.8) is 0 Å². The monoisotopic (exact) mass is 337 g/mol. The molecule has 0 spiro atoms. The lowest BCUT2D eigenvalue weighted by Crippen LogP contribution is -2.00. The van der Waals surface area contributed by atoms with Crippen LogP contribution in [0.15, 0.2) is 56.7 Å². The summed E-state index contributed by atoms with van der Waals surface area (Å²) in [6.45, 7) is 0. The highest BCUT2D eigenvalue weighted by Crippen LogP contribution is 2.31. The predicted molar refractivity (Wildman–Crippen MR) is 80.5 cm³/mol.